The molecule has 1 fully saturated rings. The molecule has 5 nitrogen and oxygen atoms in total. The summed E-state index contributed by atoms with van der Waals surface area (Å²) in [5.74, 6) is 0.909. The van der Waals surface area contributed by atoms with Crippen LogP contribution in [-0.4, -0.2) is 27.0 Å². The number of carbonyl (C=O) groups excluding carboxylic acids is 1. The van der Waals surface area contributed by atoms with Crippen LogP contribution in [-0.2, 0) is 0 Å². The van der Waals surface area contributed by atoms with Gasteiger partial charge in [-0.1, -0.05) is 18.9 Å². The van der Waals surface area contributed by atoms with Crippen LogP contribution >= 0.6 is 0 Å². The van der Waals surface area contributed by atoms with Crippen molar-refractivity contribution in [2.75, 3.05) is 6.54 Å². The number of amides is 1. The summed E-state index contributed by atoms with van der Waals surface area (Å²) in [5, 5.41) is 4.29. The highest BCUT2D eigenvalue weighted by Gasteiger charge is 2.30. The predicted octanol–water partition coefficient (Wildman–Crippen LogP) is 3.68. The SMILES string of the molecule is O=C(c1cnn2ccccc12)N1CCCCCC1c1ccco1. The first-order valence-electron chi connectivity index (χ1n) is 8.11. The first kappa shape index (κ1) is 14.1. The lowest BCUT2D eigenvalue weighted by Crippen LogP contribution is -2.34. The van der Waals surface area contributed by atoms with Gasteiger partial charge in [-0.15, -0.1) is 0 Å². The average molecular weight is 309 g/mol. The van der Waals surface area contributed by atoms with E-state index in [0.29, 0.717) is 5.56 Å². The third-order valence-electron chi connectivity index (χ3n) is 4.54. The molecule has 1 atom stereocenters. The van der Waals surface area contributed by atoms with E-state index < -0.39 is 0 Å². The van der Waals surface area contributed by atoms with Crippen LogP contribution in [0.15, 0.2) is 53.4 Å². The molecule has 0 radical (unpaired) electrons. The number of hydrogen-bond donors (Lipinski definition) is 0. The number of pyridine rings is 1. The van der Waals surface area contributed by atoms with Crippen molar-refractivity contribution in [3.05, 3.63) is 60.3 Å². The van der Waals surface area contributed by atoms with Crippen molar-refractivity contribution < 1.29 is 9.21 Å². The Morgan fingerprint density at radius 2 is 2.13 bits per heavy atom. The van der Waals surface area contributed by atoms with Gasteiger partial charge < -0.3 is 9.32 Å². The van der Waals surface area contributed by atoms with Gasteiger partial charge in [0.1, 0.15) is 5.76 Å². The number of aromatic nitrogens is 2. The Hall–Kier alpha value is -2.56. The molecule has 1 aliphatic rings. The molecule has 3 aromatic heterocycles. The minimum absolute atomic E-state index is 0.0127. The molecule has 118 valence electrons. The zero-order valence-corrected chi connectivity index (χ0v) is 12.9. The number of hydrogen-bond acceptors (Lipinski definition) is 3. The van der Waals surface area contributed by atoms with Gasteiger partial charge in [0.15, 0.2) is 0 Å². The molecule has 0 aromatic carbocycles. The monoisotopic (exact) mass is 309 g/mol. The average Bonchev–Trinajstić information content (AvgIpc) is 3.19. The second-order valence-electron chi connectivity index (χ2n) is 5.97. The highest BCUT2D eigenvalue weighted by molar-refractivity contribution is 6.00. The molecule has 0 N–H and O–H groups in total. The molecule has 23 heavy (non-hydrogen) atoms. The summed E-state index contributed by atoms with van der Waals surface area (Å²) >= 11 is 0. The number of nitrogens with zero attached hydrogens (tertiary/aromatic N) is 3. The van der Waals surface area contributed by atoms with Crippen LogP contribution in [0.2, 0.25) is 0 Å². The fourth-order valence-corrected chi connectivity index (χ4v) is 3.38. The summed E-state index contributed by atoms with van der Waals surface area (Å²) in [4.78, 5) is 15.1. The van der Waals surface area contributed by atoms with Crippen molar-refractivity contribution in [1.29, 1.82) is 0 Å². The molecule has 1 unspecified atom stereocenters. The van der Waals surface area contributed by atoms with Gasteiger partial charge in [-0.3, -0.25) is 4.79 Å². The van der Waals surface area contributed by atoms with Crippen LogP contribution in [0, 0.1) is 0 Å². The van der Waals surface area contributed by atoms with E-state index in [1.165, 1.54) is 0 Å². The van der Waals surface area contributed by atoms with Crippen LogP contribution < -0.4 is 0 Å². The van der Waals surface area contributed by atoms with E-state index in [-0.39, 0.29) is 11.9 Å². The molecule has 1 saturated heterocycles. The lowest BCUT2D eigenvalue weighted by atomic mass is 10.1. The van der Waals surface area contributed by atoms with E-state index >= 15 is 0 Å². The third-order valence-corrected chi connectivity index (χ3v) is 4.54. The molecule has 4 heterocycles. The van der Waals surface area contributed by atoms with E-state index in [1.54, 1.807) is 17.0 Å². The van der Waals surface area contributed by atoms with E-state index in [0.717, 1.165) is 43.5 Å². The summed E-state index contributed by atoms with van der Waals surface area (Å²) in [6, 6.07) is 9.63. The van der Waals surface area contributed by atoms with E-state index in [2.05, 4.69) is 5.10 Å². The maximum atomic E-state index is 13.2. The van der Waals surface area contributed by atoms with Gasteiger partial charge in [-0.2, -0.15) is 5.10 Å². The minimum atomic E-state index is 0.0127. The standard InChI is InChI=1S/C18H19N3O2/c22-18(14-13-19-21-11-5-3-7-15(14)21)20-10-4-1-2-8-16(20)17-9-6-12-23-17/h3,5-7,9,11-13,16H,1-2,4,8,10H2. The van der Waals surface area contributed by atoms with Crippen molar-refractivity contribution in [3.63, 3.8) is 0 Å². The minimum Gasteiger partial charge on any atom is -0.467 e. The molecular weight excluding hydrogens is 290 g/mol. The second kappa shape index (κ2) is 5.91. The maximum Gasteiger partial charge on any atom is 0.258 e. The fraction of sp³-hybridized carbons (Fsp3) is 0.333. The van der Waals surface area contributed by atoms with Crippen molar-refractivity contribution in [2.45, 2.75) is 31.7 Å². The molecule has 4 rings (SSSR count). The summed E-state index contributed by atoms with van der Waals surface area (Å²) < 4.78 is 7.34. The van der Waals surface area contributed by atoms with Crippen LogP contribution in [0.25, 0.3) is 5.52 Å². The van der Waals surface area contributed by atoms with Crippen LogP contribution in [0.5, 0.6) is 0 Å². The van der Waals surface area contributed by atoms with Gasteiger partial charge in [0, 0.05) is 12.7 Å². The zero-order chi connectivity index (χ0) is 15.6. The third kappa shape index (κ3) is 2.52. The molecule has 0 aliphatic carbocycles. The normalized spacial score (nSPS) is 19.0. The van der Waals surface area contributed by atoms with Crippen LogP contribution in [0.4, 0.5) is 0 Å². The van der Waals surface area contributed by atoms with Gasteiger partial charge in [-0.25, -0.2) is 4.52 Å². The van der Waals surface area contributed by atoms with Gasteiger partial charge in [-0.05, 0) is 37.1 Å². The first-order valence-corrected chi connectivity index (χ1v) is 8.11. The number of fused-ring (bicyclic) bond motifs is 1. The molecule has 0 bridgehead atoms. The van der Waals surface area contributed by atoms with Gasteiger partial charge in [0.25, 0.3) is 5.91 Å². The fourth-order valence-electron chi connectivity index (χ4n) is 3.38. The summed E-state index contributed by atoms with van der Waals surface area (Å²) in [5.41, 5.74) is 1.50. The van der Waals surface area contributed by atoms with Gasteiger partial charge >= 0.3 is 0 Å². The van der Waals surface area contributed by atoms with Crippen molar-refractivity contribution >= 4 is 11.4 Å². The van der Waals surface area contributed by atoms with Crippen LogP contribution in [0.1, 0.15) is 47.8 Å². The van der Waals surface area contributed by atoms with Crippen LogP contribution in [0.3, 0.4) is 0 Å². The highest BCUT2D eigenvalue weighted by Crippen LogP contribution is 2.32. The Labute approximate surface area is 134 Å². The Morgan fingerprint density at radius 3 is 3.00 bits per heavy atom. The highest BCUT2D eigenvalue weighted by atomic mass is 16.3. The first-order chi connectivity index (χ1) is 11.3. The molecule has 0 spiro atoms. The largest absolute Gasteiger partial charge is 0.467 e. The Morgan fingerprint density at radius 1 is 1.17 bits per heavy atom. The molecule has 3 aromatic rings. The van der Waals surface area contributed by atoms with E-state index in [1.807, 2.05) is 41.4 Å². The second-order valence-corrected chi connectivity index (χ2v) is 5.97. The molecule has 1 aliphatic heterocycles. The van der Waals surface area contributed by atoms with E-state index in [4.69, 9.17) is 4.42 Å². The Kier molecular flexibility index (Phi) is 3.61. The lowest BCUT2D eigenvalue weighted by Gasteiger charge is -2.28. The Bertz CT molecular complexity index is 807. The van der Waals surface area contributed by atoms with E-state index in [9.17, 15) is 4.79 Å². The number of carbonyl (C=O) groups is 1. The molecular formula is C18H19N3O2. The van der Waals surface area contributed by atoms with Gasteiger partial charge in [0.2, 0.25) is 0 Å². The number of likely N-dealkylation sites (tertiary alicyclic amines) is 1. The Balaban J connectivity index is 1.72. The summed E-state index contributed by atoms with van der Waals surface area (Å²) in [6.45, 7) is 0.758. The van der Waals surface area contributed by atoms with Crippen molar-refractivity contribution in [2.24, 2.45) is 0 Å². The molecule has 0 saturated carbocycles. The topological polar surface area (TPSA) is 50.8 Å². The molecule has 1 amide bonds. The summed E-state index contributed by atoms with van der Waals surface area (Å²) in [7, 11) is 0. The van der Waals surface area contributed by atoms with Crippen molar-refractivity contribution in [1.82, 2.24) is 14.5 Å². The molecule has 5 heteroatoms. The van der Waals surface area contributed by atoms with Crippen molar-refractivity contribution in [3.8, 4) is 0 Å². The quantitative estimate of drug-likeness (QED) is 0.725. The zero-order valence-electron chi connectivity index (χ0n) is 12.9. The van der Waals surface area contributed by atoms with Gasteiger partial charge in [0.05, 0.1) is 29.6 Å². The maximum absolute atomic E-state index is 13.2. The summed E-state index contributed by atoms with van der Waals surface area (Å²) in [6.07, 6.45) is 9.44. The lowest BCUT2D eigenvalue weighted by molar-refractivity contribution is 0.0660. The number of furan rings is 1. The smallest absolute Gasteiger partial charge is 0.258 e. The number of rotatable bonds is 2. The predicted molar refractivity (Wildman–Crippen MR) is 86.1 cm³/mol.